The fourth-order valence-electron chi connectivity index (χ4n) is 5.95. The number of anilines is 1. The van der Waals surface area contributed by atoms with Crippen LogP contribution in [0.1, 0.15) is 53.6 Å². The minimum Gasteiger partial charge on any atom is -0.490 e. The molecule has 2 aliphatic carbocycles. The van der Waals surface area contributed by atoms with E-state index in [0.717, 1.165) is 55.2 Å². The summed E-state index contributed by atoms with van der Waals surface area (Å²) in [5.41, 5.74) is 9.74. The van der Waals surface area contributed by atoms with Crippen LogP contribution in [0.25, 0.3) is 0 Å². The van der Waals surface area contributed by atoms with Gasteiger partial charge in [0.1, 0.15) is 5.75 Å². The summed E-state index contributed by atoms with van der Waals surface area (Å²) in [4.78, 5) is 14.4. The van der Waals surface area contributed by atoms with Crippen LogP contribution in [0.3, 0.4) is 0 Å². The van der Waals surface area contributed by atoms with Crippen molar-refractivity contribution in [1.29, 1.82) is 0 Å². The van der Waals surface area contributed by atoms with Crippen molar-refractivity contribution in [1.82, 2.24) is 0 Å². The molecule has 1 heterocycles. The van der Waals surface area contributed by atoms with Crippen LogP contribution in [0.4, 0.5) is 5.69 Å². The van der Waals surface area contributed by atoms with Crippen molar-refractivity contribution in [2.45, 2.75) is 43.9 Å². The molecule has 32 heavy (non-hydrogen) atoms. The van der Waals surface area contributed by atoms with Crippen molar-refractivity contribution < 1.29 is 9.53 Å². The first-order chi connectivity index (χ1) is 15.5. The van der Waals surface area contributed by atoms with Gasteiger partial charge in [-0.15, -0.1) is 6.58 Å². The van der Waals surface area contributed by atoms with Crippen molar-refractivity contribution in [2.24, 2.45) is 17.6 Å². The van der Waals surface area contributed by atoms with E-state index in [2.05, 4.69) is 23.6 Å². The summed E-state index contributed by atoms with van der Waals surface area (Å²) in [5.74, 6) is 1.75. The second-order valence-corrected chi connectivity index (χ2v) is 10.2. The molecule has 5 rings (SSSR count). The minimum absolute atomic E-state index is 0.0955. The van der Waals surface area contributed by atoms with Gasteiger partial charge in [-0.2, -0.15) is 0 Å². The Bertz CT molecular complexity index is 1050. The average molecular weight is 451 g/mol. The number of nitrogens with two attached hydrogens (primary N) is 1. The molecule has 2 N–H and O–H groups in total. The number of amides is 1. The maximum Gasteiger partial charge on any atom is 0.248 e. The number of aryl methyl sites for hydroxylation is 1. The molecule has 0 aromatic heterocycles. The number of hydrogen-bond acceptors (Lipinski definition) is 3. The predicted octanol–water partition coefficient (Wildman–Crippen LogP) is 5.51. The number of nitrogens with zero attached hydrogens (tertiary/aromatic N) is 1. The summed E-state index contributed by atoms with van der Waals surface area (Å²) in [6.07, 6.45) is 8.87. The lowest BCUT2D eigenvalue weighted by atomic mass is 9.69. The molecule has 0 bridgehead atoms. The van der Waals surface area contributed by atoms with Gasteiger partial charge in [-0.25, -0.2) is 0 Å². The highest BCUT2D eigenvalue weighted by atomic mass is 35.5. The SMILES string of the molecule is C=CC[C@@H]1CC[C@H]1CN1C[C@@]2(CCCc3cc(Cl)ccc32)COc2ccc(C(N)=O)cc21. The number of hydrogen-bond donors (Lipinski definition) is 1. The van der Waals surface area contributed by atoms with Crippen molar-refractivity contribution in [3.8, 4) is 5.75 Å². The summed E-state index contributed by atoms with van der Waals surface area (Å²) in [6, 6.07) is 11.9. The Balaban J connectivity index is 1.55. The molecular weight excluding hydrogens is 420 g/mol. The lowest BCUT2D eigenvalue weighted by molar-refractivity contribution is 0.100. The fourth-order valence-corrected chi connectivity index (χ4v) is 6.15. The Morgan fingerprint density at radius 3 is 2.84 bits per heavy atom. The summed E-state index contributed by atoms with van der Waals surface area (Å²) >= 11 is 6.33. The topological polar surface area (TPSA) is 55.6 Å². The van der Waals surface area contributed by atoms with Crippen LogP contribution >= 0.6 is 11.6 Å². The smallest absolute Gasteiger partial charge is 0.248 e. The predicted molar refractivity (Wildman–Crippen MR) is 130 cm³/mol. The number of rotatable bonds is 5. The Hall–Kier alpha value is -2.46. The molecule has 2 aromatic rings. The molecular formula is C27H31ClN2O2. The number of carbonyl (C=O) groups excluding carboxylic acids is 1. The van der Waals surface area contributed by atoms with E-state index in [1.165, 1.54) is 24.0 Å². The lowest BCUT2D eigenvalue weighted by Gasteiger charge is -2.44. The summed E-state index contributed by atoms with van der Waals surface area (Å²) < 4.78 is 6.46. The monoisotopic (exact) mass is 450 g/mol. The van der Waals surface area contributed by atoms with Crippen LogP contribution in [0, 0.1) is 11.8 Å². The van der Waals surface area contributed by atoms with Crippen LogP contribution < -0.4 is 15.4 Å². The van der Waals surface area contributed by atoms with E-state index in [-0.39, 0.29) is 5.41 Å². The quantitative estimate of drug-likeness (QED) is 0.610. The third kappa shape index (κ3) is 3.79. The second kappa shape index (κ2) is 8.47. The van der Waals surface area contributed by atoms with Crippen LogP contribution in [-0.4, -0.2) is 25.6 Å². The van der Waals surface area contributed by atoms with Gasteiger partial charge in [0.2, 0.25) is 5.91 Å². The fraction of sp³-hybridized carbons (Fsp3) is 0.444. The van der Waals surface area contributed by atoms with E-state index in [1.54, 1.807) is 6.07 Å². The third-order valence-corrected chi connectivity index (χ3v) is 8.06. The first kappa shape index (κ1) is 21.4. The maximum atomic E-state index is 11.9. The van der Waals surface area contributed by atoms with Gasteiger partial charge in [0, 0.05) is 29.1 Å². The summed E-state index contributed by atoms with van der Waals surface area (Å²) in [7, 11) is 0. The van der Waals surface area contributed by atoms with Gasteiger partial charge in [0.15, 0.2) is 0 Å². The van der Waals surface area contributed by atoms with Crippen LogP contribution in [0.2, 0.25) is 5.02 Å². The van der Waals surface area contributed by atoms with Gasteiger partial charge >= 0.3 is 0 Å². The number of ether oxygens (including phenoxy) is 1. The first-order valence-electron chi connectivity index (χ1n) is 11.7. The minimum atomic E-state index is -0.405. The van der Waals surface area contributed by atoms with Crippen molar-refractivity contribution in [3.05, 3.63) is 70.8 Å². The van der Waals surface area contributed by atoms with E-state index < -0.39 is 5.91 Å². The van der Waals surface area contributed by atoms with Crippen LogP contribution in [0.5, 0.6) is 5.75 Å². The van der Waals surface area contributed by atoms with Crippen molar-refractivity contribution in [3.63, 3.8) is 0 Å². The van der Waals surface area contributed by atoms with E-state index in [0.29, 0.717) is 24.0 Å². The molecule has 1 amide bonds. The number of allylic oxidation sites excluding steroid dienone is 1. The number of benzene rings is 2. The molecule has 3 atom stereocenters. The van der Waals surface area contributed by atoms with E-state index in [4.69, 9.17) is 22.1 Å². The lowest BCUT2D eigenvalue weighted by Crippen LogP contribution is -2.48. The number of primary amides is 1. The highest BCUT2D eigenvalue weighted by Crippen LogP contribution is 2.46. The van der Waals surface area contributed by atoms with Gasteiger partial charge in [0.05, 0.1) is 12.3 Å². The molecule has 0 saturated heterocycles. The Labute approximate surface area is 195 Å². The molecule has 4 nitrogen and oxygen atoms in total. The maximum absolute atomic E-state index is 11.9. The summed E-state index contributed by atoms with van der Waals surface area (Å²) in [5, 5.41) is 0.795. The summed E-state index contributed by atoms with van der Waals surface area (Å²) in [6.45, 7) is 6.41. The molecule has 1 aliphatic heterocycles. The molecule has 0 unspecified atom stereocenters. The highest BCUT2D eigenvalue weighted by Gasteiger charge is 2.43. The Morgan fingerprint density at radius 1 is 1.25 bits per heavy atom. The zero-order valence-electron chi connectivity index (χ0n) is 18.5. The molecule has 2 aromatic carbocycles. The Kier molecular flexibility index (Phi) is 5.66. The van der Waals surface area contributed by atoms with Crippen molar-refractivity contribution >= 4 is 23.2 Å². The molecule has 5 heteroatoms. The molecule has 0 radical (unpaired) electrons. The van der Waals surface area contributed by atoms with Gasteiger partial charge < -0.3 is 15.4 Å². The molecule has 3 aliphatic rings. The second-order valence-electron chi connectivity index (χ2n) is 9.77. The standard InChI is InChI=1S/C27H31ClN2O2/c1-2-4-18-6-7-21(18)15-30-16-27(12-3-5-19-13-22(28)9-10-23(19)27)17-32-25-11-8-20(26(29)31)14-24(25)30/h2,8-11,13-14,18,21H,1,3-7,12,15-17H2,(H2,29,31)/t18-,21+,27+/m1/s1. The van der Waals surface area contributed by atoms with Gasteiger partial charge in [-0.1, -0.05) is 23.7 Å². The largest absolute Gasteiger partial charge is 0.490 e. The van der Waals surface area contributed by atoms with Gasteiger partial charge in [-0.05, 0) is 91.8 Å². The van der Waals surface area contributed by atoms with E-state index >= 15 is 0 Å². The molecule has 1 saturated carbocycles. The van der Waals surface area contributed by atoms with Gasteiger partial charge in [-0.3, -0.25) is 4.79 Å². The molecule has 168 valence electrons. The normalized spacial score (nSPS) is 26.3. The molecule has 1 spiro atoms. The van der Waals surface area contributed by atoms with Crippen LogP contribution in [-0.2, 0) is 11.8 Å². The Morgan fingerprint density at radius 2 is 2.09 bits per heavy atom. The first-order valence-corrected chi connectivity index (χ1v) is 12.1. The van der Waals surface area contributed by atoms with E-state index in [9.17, 15) is 4.79 Å². The van der Waals surface area contributed by atoms with E-state index in [1.807, 2.05) is 24.3 Å². The zero-order chi connectivity index (χ0) is 22.3. The zero-order valence-corrected chi connectivity index (χ0v) is 19.2. The highest BCUT2D eigenvalue weighted by molar-refractivity contribution is 6.30. The van der Waals surface area contributed by atoms with Crippen LogP contribution in [0.15, 0.2) is 49.1 Å². The number of carbonyl (C=O) groups is 1. The van der Waals surface area contributed by atoms with Crippen molar-refractivity contribution in [2.75, 3.05) is 24.6 Å². The average Bonchev–Trinajstić information content (AvgIpc) is 2.92. The molecule has 1 fully saturated rings. The number of fused-ring (bicyclic) bond motifs is 3. The third-order valence-electron chi connectivity index (χ3n) is 7.82. The van der Waals surface area contributed by atoms with Gasteiger partial charge in [0.25, 0.3) is 0 Å². The number of halogens is 1.